The molecule has 3 aromatic heterocycles. The van der Waals surface area contributed by atoms with Crippen LogP contribution in [0.3, 0.4) is 0 Å². The fraction of sp³-hybridized carbons (Fsp3) is 0.381. The first-order valence-corrected chi connectivity index (χ1v) is 9.98. The number of aromatic carboxylic acids is 1. The summed E-state index contributed by atoms with van der Waals surface area (Å²) in [5.41, 5.74) is 0.847. The minimum atomic E-state index is -1.03. The molecule has 0 saturated heterocycles. The molecule has 4 rings (SSSR count). The number of pyridine rings is 2. The number of carbonyl (C=O) groups is 1. The van der Waals surface area contributed by atoms with Crippen LogP contribution in [0.1, 0.15) is 36.0 Å². The van der Waals surface area contributed by atoms with Crippen molar-refractivity contribution in [3.8, 4) is 5.88 Å². The van der Waals surface area contributed by atoms with E-state index in [1.54, 1.807) is 13.3 Å². The van der Waals surface area contributed by atoms with Gasteiger partial charge in [0.2, 0.25) is 11.8 Å². The Morgan fingerprint density at radius 1 is 1.13 bits per heavy atom. The van der Waals surface area contributed by atoms with Crippen molar-refractivity contribution < 1.29 is 14.6 Å². The van der Waals surface area contributed by atoms with Crippen molar-refractivity contribution in [2.75, 3.05) is 24.3 Å². The van der Waals surface area contributed by atoms with Crippen molar-refractivity contribution in [3.63, 3.8) is 0 Å². The third-order valence-corrected chi connectivity index (χ3v) is 5.41. The molecular weight excluding hydrogens is 384 g/mol. The summed E-state index contributed by atoms with van der Waals surface area (Å²) in [5.74, 6) is 1.33. The van der Waals surface area contributed by atoms with E-state index in [9.17, 15) is 4.79 Å². The maximum absolute atomic E-state index is 10.9. The first-order chi connectivity index (χ1) is 14.6. The Morgan fingerprint density at radius 3 is 2.60 bits per heavy atom. The van der Waals surface area contributed by atoms with Crippen molar-refractivity contribution in [1.82, 2.24) is 19.9 Å². The molecule has 0 aliphatic heterocycles. The summed E-state index contributed by atoms with van der Waals surface area (Å²) >= 11 is 0. The molecule has 1 aliphatic rings. The van der Waals surface area contributed by atoms with Crippen LogP contribution in [0.5, 0.6) is 5.88 Å². The van der Waals surface area contributed by atoms with Crippen LogP contribution in [0, 0.1) is 5.92 Å². The lowest BCUT2D eigenvalue weighted by atomic mass is 9.86. The van der Waals surface area contributed by atoms with E-state index in [0.717, 1.165) is 48.9 Å². The number of fused-ring (bicyclic) bond motifs is 1. The summed E-state index contributed by atoms with van der Waals surface area (Å²) < 4.78 is 5.32. The molecule has 3 heterocycles. The van der Waals surface area contributed by atoms with Gasteiger partial charge >= 0.3 is 5.97 Å². The summed E-state index contributed by atoms with van der Waals surface area (Å²) in [7, 11) is 1.60. The van der Waals surface area contributed by atoms with E-state index >= 15 is 0 Å². The van der Waals surface area contributed by atoms with Gasteiger partial charge in [0.25, 0.3) is 0 Å². The number of hydrogen-bond donors (Lipinski definition) is 3. The molecule has 1 fully saturated rings. The molecule has 0 atom stereocenters. The number of nitrogens with one attached hydrogen (secondary N) is 2. The second-order valence-corrected chi connectivity index (χ2v) is 7.43. The van der Waals surface area contributed by atoms with E-state index in [4.69, 9.17) is 9.84 Å². The minimum absolute atomic E-state index is 0.0860. The highest BCUT2D eigenvalue weighted by Crippen LogP contribution is 2.28. The number of anilines is 2. The smallest absolute Gasteiger partial charge is 0.338 e. The molecule has 0 bridgehead atoms. The van der Waals surface area contributed by atoms with Crippen LogP contribution < -0.4 is 15.4 Å². The van der Waals surface area contributed by atoms with Crippen molar-refractivity contribution in [2.45, 2.75) is 31.7 Å². The van der Waals surface area contributed by atoms with Gasteiger partial charge in [-0.2, -0.15) is 0 Å². The third-order valence-electron chi connectivity index (χ3n) is 5.41. The Morgan fingerprint density at radius 2 is 1.90 bits per heavy atom. The molecule has 3 N–H and O–H groups in total. The average molecular weight is 408 g/mol. The summed E-state index contributed by atoms with van der Waals surface area (Å²) in [6.07, 6.45) is 8.62. The predicted octanol–water partition coefficient (Wildman–Crippen LogP) is 3.21. The number of hydrogen-bond acceptors (Lipinski definition) is 8. The van der Waals surface area contributed by atoms with Crippen molar-refractivity contribution in [1.29, 1.82) is 0 Å². The van der Waals surface area contributed by atoms with Crippen molar-refractivity contribution in [2.24, 2.45) is 5.92 Å². The minimum Gasteiger partial charge on any atom is -0.479 e. The maximum Gasteiger partial charge on any atom is 0.338 e. The molecule has 0 spiro atoms. The highest BCUT2D eigenvalue weighted by molar-refractivity contribution is 5.86. The van der Waals surface area contributed by atoms with Gasteiger partial charge in [-0.05, 0) is 49.8 Å². The van der Waals surface area contributed by atoms with Crippen LogP contribution in [-0.4, -0.2) is 50.7 Å². The molecule has 1 aliphatic carbocycles. The van der Waals surface area contributed by atoms with Gasteiger partial charge in [-0.3, -0.25) is 0 Å². The Hall–Kier alpha value is -3.49. The van der Waals surface area contributed by atoms with Crippen LogP contribution in [0.15, 0.2) is 36.8 Å². The number of aromatic nitrogens is 4. The van der Waals surface area contributed by atoms with E-state index < -0.39 is 5.97 Å². The van der Waals surface area contributed by atoms with Crippen molar-refractivity contribution >= 4 is 28.6 Å². The van der Waals surface area contributed by atoms with E-state index in [1.165, 1.54) is 12.4 Å². The number of ether oxygens (including phenoxy) is 1. The topological polar surface area (TPSA) is 122 Å². The van der Waals surface area contributed by atoms with Crippen LogP contribution >= 0.6 is 0 Å². The number of carboxylic acid groups (broad SMARTS) is 1. The quantitative estimate of drug-likeness (QED) is 0.541. The van der Waals surface area contributed by atoms with Crippen LogP contribution in [0.4, 0.5) is 11.8 Å². The fourth-order valence-electron chi connectivity index (χ4n) is 3.74. The fourth-order valence-corrected chi connectivity index (χ4v) is 3.74. The lowest BCUT2D eigenvalue weighted by molar-refractivity contribution is 0.0696. The van der Waals surface area contributed by atoms with E-state index in [2.05, 4.69) is 30.6 Å². The molecule has 0 radical (unpaired) electrons. The Bertz CT molecular complexity index is 1020. The van der Waals surface area contributed by atoms with Crippen LogP contribution in [-0.2, 0) is 0 Å². The Balaban J connectivity index is 1.28. The van der Waals surface area contributed by atoms with Crippen LogP contribution in [0.2, 0.25) is 0 Å². The normalized spacial score (nSPS) is 18.7. The number of carboxylic acids is 1. The van der Waals surface area contributed by atoms with E-state index in [1.807, 2.05) is 18.2 Å². The Labute approximate surface area is 173 Å². The summed E-state index contributed by atoms with van der Waals surface area (Å²) in [6, 6.07) is 6.32. The predicted molar refractivity (Wildman–Crippen MR) is 113 cm³/mol. The molecule has 156 valence electrons. The molecular formula is C21H24N6O3. The number of nitrogens with zero attached hydrogens (tertiary/aromatic N) is 4. The Kier molecular flexibility index (Phi) is 5.87. The van der Waals surface area contributed by atoms with Gasteiger partial charge in [-0.15, -0.1) is 0 Å². The highest BCUT2D eigenvalue weighted by Gasteiger charge is 2.21. The van der Waals surface area contributed by atoms with Gasteiger partial charge in [0.15, 0.2) is 0 Å². The van der Waals surface area contributed by atoms with E-state index in [-0.39, 0.29) is 5.56 Å². The zero-order valence-corrected chi connectivity index (χ0v) is 16.7. The van der Waals surface area contributed by atoms with Crippen molar-refractivity contribution in [3.05, 3.63) is 42.4 Å². The van der Waals surface area contributed by atoms with Gasteiger partial charge in [0.1, 0.15) is 11.3 Å². The molecule has 3 aromatic rings. The van der Waals surface area contributed by atoms with Gasteiger partial charge < -0.3 is 20.5 Å². The summed E-state index contributed by atoms with van der Waals surface area (Å²) in [4.78, 5) is 27.9. The lowest BCUT2D eigenvalue weighted by Gasteiger charge is -2.29. The summed E-state index contributed by atoms with van der Waals surface area (Å²) in [6.45, 7) is 0.774. The molecule has 0 amide bonds. The first-order valence-electron chi connectivity index (χ1n) is 9.98. The maximum atomic E-state index is 10.9. The summed E-state index contributed by atoms with van der Waals surface area (Å²) in [5, 5.41) is 16.6. The molecule has 9 nitrogen and oxygen atoms in total. The number of rotatable bonds is 7. The van der Waals surface area contributed by atoms with Gasteiger partial charge in [-0.1, -0.05) is 0 Å². The lowest BCUT2D eigenvalue weighted by Crippen LogP contribution is -2.29. The van der Waals surface area contributed by atoms with Crippen LogP contribution in [0.25, 0.3) is 10.9 Å². The molecule has 9 heteroatoms. The molecule has 0 unspecified atom stereocenters. The van der Waals surface area contributed by atoms with E-state index in [0.29, 0.717) is 23.8 Å². The molecule has 0 aromatic carbocycles. The standard InChI is InChI=1S/C21H24N6O3/c1-30-19-18-14(8-9-22-19)4-7-17(27-18)26-16-5-2-13(3-6-16)10-23-21-24-11-15(12-25-21)20(28)29/h4,7-9,11-13,16H,2-3,5-6,10H2,1H3,(H,26,27)(H,28,29)(H,23,24,25). The second-order valence-electron chi connectivity index (χ2n) is 7.43. The monoisotopic (exact) mass is 408 g/mol. The molecule has 1 saturated carbocycles. The zero-order chi connectivity index (χ0) is 20.9. The number of methoxy groups -OCH3 is 1. The average Bonchev–Trinajstić information content (AvgIpc) is 2.78. The zero-order valence-electron chi connectivity index (χ0n) is 16.7. The largest absolute Gasteiger partial charge is 0.479 e. The third kappa shape index (κ3) is 4.56. The van der Waals surface area contributed by atoms with Gasteiger partial charge in [-0.25, -0.2) is 24.7 Å². The van der Waals surface area contributed by atoms with Gasteiger partial charge in [0, 0.05) is 36.6 Å². The van der Waals surface area contributed by atoms with Gasteiger partial charge in [0.05, 0.1) is 12.7 Å². The SMILES string of the molecule is COc1nccc2ccc(NC3CCC(CNc4ncc(C(=O)O)cn4)CC3)nc12. The highest BCUT2D eigenvalue weighted by atomic mass is 16.5. The first kappa shape index (κ1) is 19.8. The molecule has 30 heavy (non-hydrogen) atoms. The second kappa shape index (κ2) is 8.89.